The molecular formula is C21H28FNS. The summed E-state index contributed by atoms with van der Waals surface area (Å²) in [5, 5.41) is 0. The van der Waals surface area contributed by atoms with Gasteiger partial charge in [-0.25, -0.2) is 4.39 Å². The summed E-state index contributed by atoms with van der Waals surface area (Å²) in [7, 11) is 2.22. The van der Waals surface area contributed by atoms with E-state index in [4.69, 9.17) is 0 Å². The first-order chi connectivity index (χ1) is 11.7. The Kier molecular flexibility index (Phi) is 8.93. The summed E-state index contributed by atoms with van der Waals surface area (Å²) in [6.07, 6.45) is 6.20. The maximum Gasteiger partial charge on any atom is 0.123 e. The molecule has 24 heavy (non-hydrogen) atoms. The van der Waals surface area contributed by atoms with Gasteiger partial charge in [0, 0.05) is 11.4 Å². The number of hydrogen-bond acceptors (Lipinski definition) is 2. The highest BCUT2D eigenvalue weighted by Gasteiger charge is 2.00. The van der Waals surface area contributed by atoms with Gasteiger partial charge in [-0.15, -0.1) is 11.8 Å². The first-order valence-corrected chi connectivity index (χ1v) is 9.83. The largest absolute Gasteiger partial charge is 0.306 e. The van der Waals surface area contributed by atoms with E-state index in [9.17, 15) is 4.39 Å². The molecule has 0 N–H and O–H groups in total. The van der Waals surface area contributed by atoms with Crippen LogP contribution in [0.5, 0.6) is 0 Å². The van der Waals surface area contributed by atoms with Crippen LogP contribution in [-0.2, 0) is 6.42 Å². The Morgan fingerprint density at radius 2 is 1.54 bits per heavy atom. The highest BCUT2D eigenvalue weighted by Crippen LogP contribution is 2.20. The van der Waals surface area contributed by atoms with Crippen molar-refractivity contribution in [2.24, 2.45) is 0 Å². The lowest BCUT2D eigenvalue weighted by molar-refractivity contribution is 0.328. The molecule has 0 saturated heterocycles. The minimum Gasteiger partial charge on any atom is -0.306 e. The Balaban J connectivity index is 1.45. The Hall–Kier alpha value is -1.32. The number of halogens is 1. The third kappa shape index (κ3) is 7.98. The Bertz CT molecular complexity index is 556. The highest BCUT2D eigenvalue weighted by atomic mass is 32.2. The molecule has 3 heteroatoms. The van der Waals surface area contributed by atoms with Crippen LogP contribution in [0.15, 0.2) is 59.5 Å². The van der Waals surface area contributed by atoms with Gasteiger partial charge in [0.1, 0.15) is 5.82 Å². The van der Waals surface area contributed by atoms with Gasteiger partial charge in [0.05, 0.1) is 0 Å². The number of rotatable bonds is 11. The smallest absolute Gasteiger partial charge is 0.123 e. The predicted octanol–water partition coefficient (Wildman–Crippen LogP) is 5.65. The highest BCUT2D eigenvalue weighted by molar-refractivity contribution is 7.99. The molecule has 0 aliphatic heterocycles. The van der Waals surface area contributed by atoms with Crippen molar-refractivity contribution in [1.29, 1.82) is 0 Å². The zero-order valence-electron chi connectivity index (χ0n) is 14.6. The van der Waals surface area contributed by atoms with E-state index in [0.29, 0.717) is 0 Å². The summed E-state index contributed by atoms with van der Waals surface area (Å²) in [6, 6.07) is 17.5. The number of hydrogen-bond donors (Lipinski definition) is 0. The molecule has 0 radical (unpaired) electrons. The van der Waals surface area contributed by atoms with E-state index in [1.54, 1.807) is 0 Å². The van der Waals surface area contributed by atoms with Gasteiger partial charge in [-0.1, -0.05) is 43.2 Å². The second-order valence-electron chi connectivity index (χ2n) is 6.26. The van der Waals surface area contributed by atoms with Crippen LogP contribution in [0.3, 0.4) is 0 Å². The van der Waals surface area contributed by atoms with Crippen molar-refractivity contribution < 1.29 is 4.39 Å². The molecule has 0 amide bonds. The lowest BCUT2D eigenvalue weighted by Crippen LogP contribution is -2.22. The van der Waals surface area contributed by atoms with Gasteiger partial charge in [-0.3, -0.25) is 0 Å². The van der Waals surface area contributed by atoms with Crippen LogP contribution in [0.2, 0.25) is 0 Å². The third-order valence-corrected chi connectivity index (χ3v) is 5.24. The summed E-state index contributed by atoms with van der Waals surface area (Å²) in [5.41, 5.74) is 1.42. The molecule has 0 aliphatic carbocycles. The van der Waals surface area contributed by atoms with Crippen LogP contribution in [0, 0.1) is 5.82 Å². The topological polar surface area (TPSA) is 3.24 Å². The fraction of sp³-hybridized carbons (Fsp3) is 0.429. The first-order valence-electron chi connectivity index (χ1n) is 8.85. The van der Waals surface area contributed by atoms with E-state index in [1.165, 1.54) is 49.9 Å². The van der Waals surface area contributed by atoms with Crippen molar-refractivity contribution in [3.8, 4) is 0 Å². The molecule has 0 saturated carbocycles. The van der Waals surface area contributed by atoms with Gasteiger partial charge in [0.2, 0.25) is 0 Å². The normalized spacial score (nSPS) is 11.1. The van der Waals surface area contributed by atoms with Crippen LogP contribution in [-0.4, -0.2) is 30.8 Å². The Morgan fingerprint density at radius 3 is 2.29 bits per heavy atom. The summed E-state index contributed by atoms with van der Waals surface area (Å²) in [4.78, 5) is 3.59. The SMILES string of the molecule is CN(CCCCCCSc1ccc(F)cc1)CCc1ccccc1. The minimum atomic E-state index is -0.157. The quantitative estimate of drug-likeness (QED) is 0.382. The van der Waals surface area contributed by atoms with Crippen molar-refractivity contribution in [2.45, 2.75) is 37.0 Å². The van der Waals surface area contributed by atoms with Crippen molar-refractivity contribution in [3.63, 3.8) is 0 Å². The van der Waals surface area contributed by atoms with E-state index in [-0.39, 0.29) is 5.82 Å². The van der Waals surface area contributed by atoms with Crippen molar-refractivity contribution in [2.75, 3.05) is 25.9 Å². The zero-order chi connectivity index (χ0) is 17.0. The molecule has 0 heterocycles. The van der Waals surface area contributed by atoms with Gasteiger partial charge in [-0.05, 0) is 68.4 Å². The lowest BCUT2D eigenvalue weighted by atomic mass is 10.1. The molecule has 0 spiro atoms. The maximum atomic E-state index is 12.8. The van der Waals surface area contributed by atoms with Gasteiger partial charge < -0.3 is 4.90 Å². The molecule has 0 aromatic heterocycles. The Labute approximate surface area is 150 Å². The zero-order valence-corrected chi connectivity index (χ0v) is 15.4. The summed E-state index contributed by atoms with van der Waals surface area (Å²) >= 11 is 1.82. The van der Waals surface area contributed by atoms with E-state index < -0.39 is 0 Å². The van der Waals surface area contributed by atoms with Crippen molar-refractivity contribution in [1.82, 2.24) is 4.90 Å². The number of benzene rings is 2. The third-order valence-electron chi connectivity index (χ3n) is 4.14. The predicted molar refractivity (Wildman–Crippen MR) is 103 cm³/mol. The van der Waals surface area contributed by atoms with Crippen LogP contribution in [0.4, 0.5) is 4.39 Å². The monoisotopic (exact) mass is 345 g/mol. The average Bonchev–Trinajstić information content (AvgIpc) is 2.61. The molecule has 0 atom stereocenters. The van der Waals surface area contributed by atoms with Gasteiger partial charge in [0.15, 0.2) is 0 Å². The number of thioether (sulfide) groups is 1. The van der Waals surface area contributed by atoms with Gasteiger partial charge in [-0.2, -0.15) is 0 Å². The average molecular weight is 346 g/mol. The van der Waals surface area contributed by atoms with Crippen LogP contribution < -0.4 is 0 Å². The van der Waals surface area contributed by atoms with Crippen LogP contribution in [0.1, 0.15) is 31.2 Å². The summed E-state index contributed by atoms with van der Waals surface area (Å²) in [6.45, 7) is 2.31. The van der Waals surface area contributed by atoms with Crippen molar-refractivity contribution >= 4 is 11.8 Å². The second-order valence-corrected chi connectivity index (χ2v) is 7.42. The molecule has 2 aromatic rings. The minimum absolute atomic E-state index is 0.157. The number of likely N-dealkylation sites (N-methyl/N-ethyl adjacent to an activating group) is 1. The molecular weight excluding hydrogens is 317 g/mol. The van der Waals surface area contributed by atoms with Crippen LogP contribution >= 0.6 is 11.8 Å². The first kappa shape index (κ1) is 19.0. The molecule has 2 aromatic carbocycles. The van der Waals surface area contributed by atoms with E-state index in [1.807, 2.05) is 23.9 Å². The second kappa shape index (κ2) is 11.3. The molecule has 2 rings (SSSR count). The molecule has 0 aliphatic rings. The van der Waals surface area contributed by atoms with E-state index in [2.05, 4.69) is 42.3 Å². The molecule has 1 nitrogen and oxygen atoms in total. The molecule has 130 valence electrons. The fourth-order valence-electron chi connectivity index (χ4n) is 2.63. The van der Waals surface area contributed by atoms with Crippen LogP contribution in [0.25, 0.3) is 0 Å². The van der Waals surface area contributed by atoms with Gasteiger partial charge >= 0.3 is 0 Å². The molecule has 0 bridgehead atoms. The summed E-state index contributed by atoms with van der Waals surface area (Å²) < 4.78 is 12.8. The maximum absolute atomic E-state index is 12.8. The number of nitrogens with zero attached hydrogens (tertiary/aromatic N) is 1. The van der Waals surface area contributed by atoms with E-state index >= 15 is 0 Å². The van der Waals surface area contributed by atoms with E-state index in [0.717, 1.165) is 23.6 Å². The lowest BCUT2D eigenvalue weighted by Gasteiger charge is -2.16. The number of unbranched alkanes of at least 4 members (excludes halogenated alkanes) is 3. The molecule has 0 fully saturated rings. The van der Waals surface area contributed by atoms with Gasteiger partial charge in [0.25, 0.3) is 0 Å². The van der Waals surface area contributed by atoms with Crippen molar-refractivity contribution in [3.05, 3.63) is 66.0 Å². The summed E-state index contributed by atoms with van der Waals surface area (Å²) in [5.74, 6) is 0.964. The fourth-order valence-corrected chi connectivity index (χ4v) is 3.55. The molecule has 0 unspecified atom stereocenters. The Morgan fingerprint density at radius 1 is 0.833 bits per heavy atom. The standard InChI is InChI=1S/C21H28FNS/c1-23(17-15-19-9-5-4-6-10-19)16-7-2-3-8-18-24-21-13-11-20(22)12-14-21/h4-6,9-14H,2-3,7-8,15-18H2,1H3.